The lowest BCUT2D eigenvalue weighted by Gasteiger charge is -2.37. The summed E-state index contributed by atoms with van der Waals surface area (Å²) in [6.45, 7) is 6.50. The number of rotatable bonds is 6. The number of ether oxygens (including phenoxy) is 1. The standard InChI is InChI=1S/C22H29N3O2/c1-18-8-4-5-9-19(18)16-23(2)17-22(26)25-14-12-24(13-15-25)20-10-6-7-11-21(20)27-3/h4-11H,12-17H2,1-3H3. The monoisotopic (exact) mass is 367 g/mol. The van der Waals surface area contributed by atoms with Gasteiger partial charge in [-0.05, 0) is 37.2 Å². The van der Waals surface area contributed by atoms with Crippen LogP contribution in [0.1, 0.15) is 11.1 Å². The minimum absolute atomic E-state index is 0.200. The molecule has 5 nitrogen and oxygen atoms in total. The molecule has 0 unspecified atom stereocenters. The second kappa shape index (κ2) is 8.91. The molecule has 0 saturated carbocycles. The Bertz CT molecular complexity index is 770. The van der Waals surface area contributed by atoms with Gasteiger partial charge in [0, 0.05) is 32.7 Å². The molecule has 1 saturated heterocycles. The number of nitrogens with zero attached hydrogens (tertiary/aromatic N) is 3. The first-order chi connectivity index (χ1) is 13.1. The summed E-state index contributed by atoms with van der Waals surface area (Å²) in [7, 11) is 3.71. The number of carbonyl (C=O) groups excluding carboxylic acids is 1. The molecular formula is C22H29N3O2. The first-order valence-corrected chi connectivity index (χ1v) is 9.47. The third-order valence-corrected chi connectivity index (χ3v) is 5.16. The van der Waals surface area contributed by atoms with E-state index in [1.165, 1.54) is 11.1 Å². The van der Waals surface area contributed by atoms with Crippen LogP contribution in [0.4, 0.5) is 5.69 Å². The SMILES string of the molecule is COc1ccccc1N1CCN(C(=O)CN(C)Cc2ccccc2C)CC1. The van der Waals surface area contributed by atoms with Gasteiger partial charge in [0.25, 0.3) is 0 Å². The van der Waals surface area contributed by atoms with Gasteiger partial charge in [-0.2, -0.15) is 0 Å². The van der Waals surface area contributed by atoms with Crippen LogP contribution in [0.3, 0.4) is 0 Å². The van der Waals surface area contributed by atoms with Gasteiger partial charge in [-0.15, -0.1) is 0 Å². The summed E-state index contributed by atoms with van der Waals surface area (Å²) in [4.78, 5) is 19.0. The Hall–Kier alpha value is -2.53. The number of amides is 1. The van der Waals surface area contributed by atoms with Gasteiger partial charge in [0.2, 0.25) is 5.91 Å². The summed E-state index contributed by atoms with van der Waals surface area (Å²) >= 11 is 0. The number of carbonyl (C=O) groups is 1. The molecule has 0 aromatic heterocycles. The number of anilines is 1. The zero-order chi connectivity index (χ0) is 19.2. The maximum Gasteiger partial charge on any atom is 0.236 e. The average molecular weight is 367 g/mol. The average Bonchev–Trinajstić information content (AvgIpc) is 2.69. The second-order valence-electron chi connectivity index (χ2n) is 7.14. The molecule has 0 N–H and O–H groups in total. The van der Waals surface area contributed by atoms with Crippen molar-refractivity contribution in [1.82, 2.24) is 9.80 Å². The molecule has 0 spiro atoms. The minimum atomic E-state index is 0.200. The van der Waals surface area contributed by atoms with E-state index in [1.807, 2.05) is 36.2 Å². The maximum atomic E-state index is 12.7. The lowest BCUT2D eigenvalue weighted by atomic mass is 10.1. The van der Waals surface area contributed by atoms with Crippen molar-refractivity contribution >= 4 is 11.6 Å². The van der Waals surface area contributed by atoms with E-state index < -0.39 is 0 Å². The summed E-state index contributed by atoms with van der Waals surface area (Å²) in [5, 5.41) is 0. The van der Waals surface area contributed by atoms with E-state index >= 15 is 0 Å². The highest BCUT2D eigenvalue weighted by Gasteiger charge is 2.23. The molecule has 1 heterocycles. The molecule has 0 aliphatic carbocycles. The van der Waals surface area contributed by atoms with Gasteiger partial charge in [-0.25, -0.2) is 0 Å². The Kier molecular flexibility index (Phi) is 6.35. The van der Waals surface area contributed by atoms with E-state index in [1.54, 1.807) is 7.11 Å². The lowest BCUT2D eigenvalue weighted by Crippen LogP contribution is -2.51. The predicted octanol–water partition coefficient (Wildman–Crippen LogP) is 2.78. The van der Waals surface area contributed by atoms with Gasteiger partial charge < -0.3 is 14.5 Å². The summed E-state index contributed by atoms with van der Waals surface area (Å²) in [5.41, 5.74) is 3.64. The van der Waals surface area contributed by atoms with E-state index in [0.29, 0.717) is 6.54 Å². The molecule has 5 heteroatoms. The summed E-state index contributed by atoms with van der Waals surface area (Å²) in [5.74, 6) is 1.08. The topological polar surface area (TPSA) is 36.0 Å². The molecule has 1 amide bonds. The number of piperazine rings is 1. The number of benzene rings is 2. The van der Waals surface area contributed by atoms with Crippen LogP contribution in [-0.4, -0.2) is 62.6 Å². The van der Waals surface area contributed by atoms with E-state index in [0.717, 1.165) is 44.2 Å². The van der Waals surface area contributed by atoms with Crippen LogP contribution in [0.5, 0.6) is 5.75 Å². The summed E-state index contributed by atoms with van der Waals surface area (Å²) in [6, 6.07) is 16.4. The summed E-state index contributed by atoms with van der Waals surface area (Å²) in [6.07, 6.45) is 0. The largest absolute Gasteiger partial charge is 0.495 e. The number of aryl methyl sites for hydroxylation is 1. The fourth-order valence-electron chi connectivity index (χ4n) is 3.55. The smallest absolute Gasteiger partial charge is 0.236 e. The fourth-order valence-corrected chi connectivity index (χ4v) is 3.55. The Morgan fingerprint density at radius 2 is 1.70 bits per heavy atom. The molecule has 0 radical (unpaired) electrons. The number of likely N-dealkylation sites (N-methyl/N-ethyl adjacent to an activating group) is 1. The van der Waals surface area contributed by atoms with Crippen LogP contribution in [0.25, 0.3) is 0 Å². The van der Waals surface area contributed by atoms with E-state index in [-0.39, 0.29) is 5.91 Å². The number of methoxy groups -OCH3 is 1. The highest BCUT2D eigenvalue weighted by Crippen LogP contribution is 2.28. The van der Waals surface area contributed by atoms with Crippen LogP contribution in [-0.2, 0) is 11.3 Å². The molecule has 27 heavy (non-hydrogen) atoms. The van der Waals surface area contributed by atoms with Gasteiger partial charge in [-0.1, -0.05) is 36.4 Å². The lowest BCUT2D eigenvalue weighted by molar-refractivity contribution is -0.132. The van der Waals surface area contributed by atoms with Crippen molar-refractivity contribution in [3.63, 3.8) is 0 Å². The van der Waals surface area contributed by atoms with Gasteiger partial charge in [-0.3, -0.25) is 9.69 Å². The Labute approximate surface area is 162 Å². The van der Waals surface area contributed by atoms with Crippen molar-refractivity contribution in [2.75, 3.05) is 51.8 Å². The third kappa shape index (κ3) is 4.80. The highest BCUT2D eigenvalue weighted by atomic mass is 16.5. The van der Waals surface area contributed by atoms with Crippen LogP contribution in [0, 0.1) is 6.92 Å². The molecule has 0 bridgehead atoms. The van der Waals surface area contributed by atoms with Crippen molar-refractivity contribution in [2.45, 2.75) is 13.5 Å². The Balaban J connectivity index is 1.52. The molecule has 144 valence electrons. The molecule has 1 aliphatic heterocycles. The summed E-state index contributed by atoms with van der Waals surface area (Å²) < 4.78 is 5.46. The molecule has 2 aromatic carbocycles. The third-order valence-electron chi connectivity index (χ3n) is 5.16. The van der Waals surface area contributed by atoms with Crippen molar-refractivity contribution in [2.24, 2.45) is 0 Å². The predicted molar refractivity (Wildman–Crippen MR) is 109 cm³/mol. The van der Waals surface area contributed by atoms with Crippen molar-refractivity contribution in [1.29, 1.82) is 0 Å². The first-order valence-electron chi connectivity index (χ1n) is 9.47. The van der Waals surface area contributed by atoms with Crippen LogP contribution in [0.15, 0.2) is 48.5 Å². The molecule has 1 fully saturated rings. The molecular weight excluding hydrogens is 338 g/mol. The van der Waals surface area contributed by atoms with Gasteiger partial charge >= 0.3 is 0 Å². The van der Waals surface area contributed by atoms with Crippen molar-refractivity contribution in [3.05, 3.63) is 59.7 Å². The van der Waals surface area contributed by atoms with Gasteiger partial charge in [0.05, 0.1) is 19.3 Å². The number of hydrogen-bond acceptors (Lipinski definition) is 4. The molecule has 2 aromatic rings. The fraction of sp³-hybridized carbons (Fsp3) is 0.409. The normalized spacial score (nSPS) is 14.5. The molecule has 1 aliphatic rings. The quantitative estimate of drug-likeness (QED) is 0.787. The van der Waals surface area contributed by atoms with Crippen LogP contribution in [0.2, 0.25) is 0 Å². The number of para-hydroxylation sites is 2. The first kappa shape index (κ1) is 19.2. The molecule has 0 atom stereocenters. The van der Waals surface area contributed by atoms with Crippen LogP contribution >= 0.6 is 0 Å². The van der Waals surface area contributed by atoms with Crippen LogP contribution < -0.4 is 9.64 Å². The second-order valence-corrected chi connectivity index (χ2v) is 7.14. The maximum absolute atomic E-state index is 12.7. The minimum Gasteiger partial charge on any atom is -0.495 e. The Morgan fingerprint density at radius 1 is 1.04 bits per heavy atom. The number of hydrogen-bond donors (Lipinski definition) is 0. The zero-order valence-corrected chi connectivity index (χ0v) is 16.5. The Morgan fingerprint density at radius 3 is 2.41 bits per heavy atom. The van der Waals surface area contributed by atoms with E-state index in [2.05, 4.69) is 41.0 Å². The van der Waals surface area contributed by atoms with Crippen molar-refractivity contribution in [3.8, 4) is 5.75 Å². The van der Waals surface area contributed by atoms with Crippen molar-refractivity contribution < 1.29 is 9.53 Å². The van der Waals surface area contributed by atoms with E-state index in [4.69, 9.17) is 4.74 Å². The van der Waals surface area contributed by atoms with Gasteiger partial charge in [0.15, 0.2) is 0 Å². The van der Waals surface area contributed by atoms with Gasteiger partial charge in [0.1, 0.15) is 5.75 Å². The highest BCUT2D eigenvalue weighted by molar-refractivity contribution is 5.78. The zero-order valence-electron chi connectivity index (χ0n) is 16.5. The van der Waals surface area contributed by atoms with E-state index in [9.17, 15) is 4.79 Å². The molecule has 3 rings (SSSR count).